The van der Waals surface area contributed by atoms with Crippen molar-refractivity contribution in [3.05, 3.63) is 43.4 Å². The van der Waals surface area contributed by atoms with Crippen LogP contribution < -0.4 is 5.56 Å². The van der Waals surface area contributed by atoms with Crippen LogP contribution in [0.2, 0.25) is 0 Å². The molecule has 0 saturated carbocycles. The third kappa shape index (κ3) is 2.15. The Labute approximate surface area is 98.8 Å². The molecule has 0 unspecified atom stereocenters. The lowest BCUT2D eigenvalue weighted by Crippen LogP contribution is -2.24. The SMILES string of the molecule is Cc1ncc(Br)c(=O)n1Cc1cscn1. The lowest BCUT2D eigenvalue weighted by atomic mass is 10.4. The third-order valence-electron chi connectivity index (χ3n) is 2.01. The smallest absolute Gasteiger partial charge is 0.268 e. The monoisotopic (exact) mass is 285 g/mol. The Balaban J connectivity index is 2.44. The van der Waals surface area contributed by atoms with E-state index in [2.05, 4.69) is 25.9 Å². The van der Waals surface area contributed by atoms with Crippen LogP contribution in [-0.2, 0) is 6.54 Å². The first-order chi connectivity index (χ1) is 7.18. The quantitative estimate of drug-likeness (QED) is 0.846. The van der Waals surface area contributed by atoms with Crippen molar-refractivity contribution in [1.29, 1.82) is 0 Å². The Kier molecular flexibility index (Phi) is 2.97. The minimum atomic E-state index is -0.0736. The molecule has 0 atom stereocenters. The van der Waals surface area contributed by atoms with Gasteiger partial charge in [-0.3, -0.25) is 9.36 Å². The maximum Gasteiger partial charge on any atom is 0.268 e. The van der Waals surface area contributed by atoms with Crippen molar-refractivity contribution < 1.29 is 0 Å². The second kappa shape index (κ2) is 4.24. The van der Waals surface area contributed by atoms with Crippen molar-refractivity contribution in [2.24, 2.45) is 0 Å². The highest BCUT2D eigenvalue weighted by atomic mass is 79.9. The van der Waals surface area contributed by atoms with Crippen molar-refractivity contribution in [2.45, 2.75) is 13.5 Å². The standard InChI is InChI=1S/C9H8BrN3OS/c1-6-11-2-8(10)9(14)13(6)3-7-4-15-5-12-7/h2,4-5H,3H2,1H3. The fourth-order valence-corrected chi connectivity index (χ4v) is 2.08. The predicted octanol–water partition coefficient (Wildman–Crippen LogP) is 1.82. The summed E-state index contributed by atoms with van der Waals surface area (Å²) in [5.41, 5.74) is 2.56. The van der Waals surface area contributed by atoms with Crippen LogP contribution >= 0.6 is 27.3 Å². The highest BCUT2D eigenvalue weighted by Gasteiger charge is 2.06. The maximum atomic E-state index is 11.8. The summed E-state index contributed by atoms with van der Waals surface area (Å²) in [7, 11) is 0. The van der Waals surface area contributed by atoms with Crippen LogP contribution in [0.25, 0.3) is 0 Å². The Morgan fingerprint density at radius 1 is 1.53 bits per heavy atom. The maximum absolute atomic E-state index is 11.8. The molecule has 0 N–H and O–H groups in total. The molecule has 0 radical (unpaired) electrons. The van der Waals surface area contributed by atoms with Gasteiger partial charge in [0.05, 0.1) is 17.7 Å². The van der Waals surface area contributed by atoms with Gasteiger partial charge in [0.25, 0.3) is 5.56 Å². The zero-order valence-electron chi connectivity index (χ0n) is 7.98. The summed E-state index contributed by atoms with van der Waals surface area (Å²) in [5.74, 6) is 0.691. The molecule has 0 amide bonds. The van der Waals surface area contributed by atoms with Crippen molar-refractivity contribution in [1.82, 2.24) is 14.5 Å². The average molecular weight is 286 g/mol. The molecule has 4 nitrogen and oxygen atoms in total. The van der Waals surface area contributed by atoms with Gasteiger partial charge in [-0.2, -0.15) is 0 Å². The molecule has 78 valence electrons. The molecule has 2 aromatic rings. The van der Waals surface area contributed by atoms with Crippen LogP contribution in [0.15, 0.2) is 26.4 Å². The molecule has 2 heterocycles. The Bertz CT molecular complexity index is 521. The number of hydrogen-bond acceptors (Lipinski definition) is 4. The largest absolute Gasteiger partial charge is 0.290 e. The van der Waals surface area contributed by atoms with E-state index < -0.39 is 0 Å². The Morgan fingerprint density at radius 3 is 3.00 bits per heavy atom. The second-order valence-corrected chi connectivity index (χ2v) is 4.60. The van der Waals surface area contributed by atoms with Crippen molar-refractivity contribution in [3.63, 3.8) is 0 Å². The summed E-state index contributed by atoms with van der Waals surface area (Å²) in [6.07, 6.45) is 1.52. The molecule has 2 aromatic heterocycles. The predicted molar refractivity (Wildman–Crippen MR) is 62.2 cm³/mol. The molecule has 2 rings (SSSR count). The average Bonchev–Trinajstić information content (AvgIpc) is 2.71. The van der Waals surface area contributed by atoms with Crippen LogP contribution in [0.4, 0.5) is 0 Å². The van der Waals surface area contributed by atoms with Crippen molar-refractivity contribution in [2.75, 3.05) is 0 Å². The van der Waals surface area contributed by atoms with Crippen LogP contribution in [0.3, 0.4) is 0 Å². The Hall–Kier alpha value is -1.01. The van der Waals surface area contributed by atoms with Crippen LogP contribution in [0.1, 0.15) is 11.5 Å². The van der Waals surface area contributed by atoms with E-state index >= 15 is 0 Å². The van der Waals surface area contributed by atoms with E-state index in [0.29, 0.717) is 16.8 Å². The third-order valence-corrected chi connectivity index (χ3v) is 3.19. The molecule has 0 fully saturated rings. The van der Waals surface area contributed by atoms with Gasteiger partial charge in [0, 0.05) is 11.6 Å². The van der Waals surface area contributed by atoms with Crippen molar-refractivity contribution in [3.8, 4) is 0 Å². The summed E-state index contributed by atoms with van der Waals surface area (Å²) < 4.78 is 2.07. The topological polar surface area (TPSA) is 47.8 Å². The van der Waals surface area contributed by atoms with E-state index in [1.165, 1.54) is 17.5 Å². The van der Waals surface area contributed by atoms with Gasteiger partial charge < -0.3 is 0 Å². The van der Waals surface area contributed by atoms with Gasteiger partial charge >= 0.3 is 0 Å². The molecule has 0 aromatic carbocycles. The zero-order valence-corrected chi connectivity index (χ0v) is 10.4. The van der Waals surface area contributed by atoms with Gasteiger partial charge in [0.1, 0.15) is 10.3 Å². The van der Waals surface area contributed by atoms with E-state index in [1.807, 2.05) is 5.38 Å². The summed E-state index contributed by atoms with van der Waals surface area (Å²) in [6, 6.07) is 0. The van der Waals surface area contributed by atoms with Crippen molar-refractivity contribution >= 4 is 27.3 Å². The summed E-state index contributed by atoms with van der Waals surface area (Å²) in [6.45, 7) is 2.28. The highest BCUT2D eigenvalue weighted by Crippen LogP contribution is 2.06. The number of nitrogens with zero attached hydrogens (tertiary/aromatic N) is 3. The van der Waals surface area contributed by atoms with E-state index in [1.54, 1.807) is 17.0 Å². The molecule has 0 aliphatic rings. The molecule has 15 heavy (non-hydrogen) atoms. The van der Waals surface area contributed by atoms with Gasteiger partial charge in [-0.1, -0.05) is 0 Å². The minimum Gasteiger partial charge on any atom is -0.290 e. The van der Waals surface area contributed by atoms with E-state index in [-0.39, 0.29) is 5.56 Å². The lowest BCUT2D eigenvalue weighted by molar-refractivity contribution is 0.685. The summed E-state index contributed by atoms with van der Waals surface area (Å²) in [5, 5.41) is 1.92. The van der Waals surface area contributed by atoms with Crippen LogP contribution in [0.5, 0.6) is 0 Å². The molecule has 0 saturated heterocycles. The van der Waals surface area contributed by atoms with Gasteiger partial charge in [0.2, 0.25) is 0 Å². The zero-order chi connectivity index (χ0) is 10.8. The van der Waals surface area contributed by atoms with Crippen LogP contribution in [0, 0.1) is 6.92 Å². The fourth-order valence-electron chi connectivity index (χ4n) is 1.21. The lowest BCUT2D eigenvalue weighted by Gasteiger charge is -2.06. The number of aryl methyl sites for hydroxylation is 1. The van der Waals surface area contributed by atoms with Gasteiger partial charge in [0.15, 0.2) is 0 Å². The summed E-state index contributed by atoms with van der Waals surface area (Å²) >= 11 is 4.69. The number of halogens is 1. The molecule has 0 bridgehead atoms. The second-order valence-electron chi connectivity index (χ2n) is 3.02. The number of rotatable bonds is 2. The summed E-state index contributed by atoms with van der Waals surface area (Å²) in [4.78, 5) is 20.0. The molecular formula is C9H8BrN3OS. The fraction of sp³-hybridized carbons (Fsp3) is 0.222. The first-order valence-corrected chi connectivity index (χ1v) is 6.01. The van der Waals surface area contributed by atoms with E-state index in [4.69, 9.17) is 0 Å². The number of aromatic nitrogens is 3. The number of hydrogen-bond donors (Lipinski definition) is 0. The van der Waals surface area contributed by atoms with E-state index in [0.717, 1.165) is 5.69 Å². The van der Waals surface area contributed by atoms with Gasteiger partial charge in [-0.05, 0) is 22.9 Å². The first kappa shape index (κ1) is 10.5. The molecule has 0 aliphatic carbocycles. The van der Waals surface area contributed by atoms with Gasteiger partial charge in [-0.25, -0.2) is 9.97 Å². The normalized spacial score (nSPS) is 10.5. The van der Waals surface area contributed by atoms with Gasteiger partial charge in [-0.15, -0.1) is 11.3 Å². The highest BCUT2D eigenvalue weighted by molar-refractivity contribution is 9.10. The van der Waals surface area contributed by atoms with E-state index in [9.17, 15) is 4.79 Å². The minimum absolute atomic E-state index is 0.0736. The van der Waals surface area contributed by atoms with Crippen LogP contribution in [-0.4, -0.2) is 14.5 Å². The Morgan fingerprint density at radius 2 is 2.33 bits per heavy atom. The molecule has 6 heteroatoms. The number of thiazole rings is 1. The molecular weight excluding hydrogens is 278 g/mol. The first-order valence-electron chi connectivity index (χ1n) is 4.27. The molecule has 0 aliphatic heterocycles. The molecule has 0 spiro atoms.